The van der Waals surface area contributed by atoms with Crippen molar-refractivity contribution in [3.63, 3.8) is 0 Å². The van der Waals surface area contributed by atoms with Crippen LogP contribution in [0.15, 0.2) is 59.6 Å². The number of guanidine groups is 1. The molecule has 180 valence electrons. The normalized spacial score (nSPS) is 14.8. The Hall–Kier alpha value is -2.33. The molecule has 0 unspecified atom stereocenters. The lowest BCUT2D eigenvalue weighted by Crippen LogP contribution is -2.50. The summed E-state index contributed by atoms with van der Waals surface area (Å²) < 4.78 is 5.31. The number of nitrogens with zero attached hydrogens (tertiary/aromatic N) is 3. The molecule has 0 aliphatic carbocycles. The Morgan fingerprint density at radius 3 is 2.45 bits per heavy atom. The lowest BCUT2D eigenvalue weighted by Gasteiger charge is -2.33. The molecule has 2 aromatic rings. The van der Waals surface area contributed by atoms with Gasteiger partial charge in [0.05, 0.1) is 20.2 Å². The van der Waals surface area contributed by atoms with E-state index in [0.29, 0.717) is 18.5 Å². The first kappa shape index (κ1) is 26.9. The highest BCUT2D eigenvalue weighted by atomic mass is 127. The molecule has 0 bridgehead atoms. The molecule has 0 spiro atoms. The van der Waals surface area contributed by atoms with Crippen molar-refractivity contribution in [2.45, 2.75) is 32.0 Å². The van der Waals surface area contributed by atoms with Crippen LogP contribution in [0.2, 0.25) is 0 Å². The van der Waals surface area contributed by atoms with E-state index in [4.69, 9.17) is 9.73 Å². The summed E-state index contributed by atoms with van der Waals surface area (Å²) in [6.07, 6.45) is 2.07. The van der Waals surface area contributed by atoms with E-state index in [9.17, 15) is 4.79 Å². The Bertz CT molecular complexity index is 883. The monoisotopic (exact) mass is 565 g/mol. The largest absolute Gasteiger partial charge is 0.497 e. The number of rotatable bonds is 8. The van der Waals surface area contributed by atoms with Crippen molar-refractivity contribution in [3.8, 4) is 5.75 Å². The highest BCUT2D eigenvalue weighted by Gasteiger charge is 2.20. The summed E-state index contributed by atoms with van der Waals surface area (Å²) in [6.45, 7) is 3.78. The topological polar surface area (TPSA) is 69.2 Å². The van der Waals surface area contributed by atoms with Crippen molar-refractivity contribution in [3.05, 3.63) is 65.7 Å². The van der Waals surface area contributed by atoms with E-state index in [1.807, 2.05) is 24.3 Å². The minimum absolute atomic E-state index is 0. The molecule has 0 radical (unpaired) electrons. The van der Waals surface area contributed by atoms with Crippen LogP contribution in [0.1, 0.15) is 24.0 Å². The SMILES string of the molecule is COc1cccc(CN=C(NCC(=O)N(C)C)NC2CCN(Cc3ccccc3)CC2)c1.I. The third-order valence-corrected chi connectivity index (χ3v) is 5.64. The number of aliphatic imine (C=N–C) groups is 1. The van der Waals surface area contributed by atoms with Gasteiger partial charge >= 0.3 is 0 Å². The van der Waals surface area contributed by atoms with Crippen molar-refractivity contribution in [2.24, 2.45) is 4.99 Å². The summed E-state index contributed by atoms with van der Waals surface area (Å²) >= 11 is 0. The number of amides is 1. The van der Waals surface area contributed by atoms with E-state index < -0.39 is 0 Å². The predicted molar refractivity (Wildman–Crippen MR) is 144 cm³/mol. The predicted octanol–water partition coefficient (Wildman–Crippen LogP) is 3.10. The van der Waals surface area contributed by atoms with E-state index in [2.05, 4.69) is 45.9 Å². The van der Waals surface area contributed by atoms with Gasteiger partial charge in [0.15, 0.2) is 5.96 Å². The van der Waals surface area contributed by atoms with Crippen molar-refractivity contribution < 1.29 is 9.53 Å². The van der Waals surface area contributed by atoms with Gasteiger partial charge in [-0.05, 0) is 36.1 Å². The number of likely N-dealkylation sites (tertiary alicyclic amines) is 1. The van der Waals surface area contributed by atoms with Crippen LogP contribution in [-0.2, 0) is 17.9 Å². The molecule has 7 nitrogen and oxygen atoms in total. The first-order valence-electron chi connectivity index (χ1n) is 11.2. The lowest BCUT2D eigenvalue weighted by molar-refractivity contribution is -0.127. The second-order valence-electron chi connectivity index (χ2n) is 8.34. The number of ether oxygens (including phenoxy) is 1. The standard InChI is InChI=1S/C25H35N5O2.HI/c1-29(2)24(31)18-27-25(26-17-21-10-7-11-23(16-21)32-3)28-22-12-14-30(15-13-22)19-20-8-5-4-6-9-20;/h4-11,16,22H,12-15,17-19H2,1-3H3,(H2,26,27,28);1H. The molecule has 1 heterocycles. The minimum Gasteiger partial charge on any atom is -0.497 e. The second-order valence-corrected chi connectivity index (χ2v) is 8.34. The molecule has 1 aliphatic heterocycles. The molecular weight excluding hydrogens is 529 g/mol. The van der Waals surface area contributed by atoms with Crippen LogP contribution in [-0.4, -0.2) is 68.5 Å². The Morgan fingerprint density at radius 1 is 1.09 bits per heavy atom. The maximum absolute atomic E-state index is 12.1. The summed E-state index contributed by atoms with van der Waals surface area (Å²) in [4.78, 5) is 20.9. The minimum atomic E-state index is 0. The van der Waals surface area contributed by atoms with Crippen LogP contribution < -0.4 is 15.4 Å². The Labute approximate surface area is 214 Å². The van der Waals surface area contributed by atoms with Gasteiger partial charge in [0.2, 0.25) is 5.91 Å². The molecule has 2 aromatic carbocycles. The van der Waals surface area contributed by atoms with Crippen LogP contribution in [0.25, 0.3) is 0 Å². The zero-order chi connectivity index (χ0) is 22.8. The van der Waals surface area contributed by atoms with Gasteiger partial charge < -0.3 is 20.3 Å². The number of halogens is 1. The smallest absolute Gasteiger partial charge is 0.241 e. The van der Waals surface area contributed by atoms with Gasteiger partial charge in [-0.25, -0.2) is 4.99 Å². The summed E-state index contributed by atoms with van der Waals surface area (Å²) in [5.41, 5.74) is 2.41. The van der Waals surface area contributed by atoms with E-state index in [1.165, 1.54) is 5.56 Å². The first-order valence-corrected chi connectivity index (χ1v) is 11.2. The number of piperidine rings is 1. The molecule has 0 atom stereocenters. The second kappa shape index (κ2) is 14.0. The van der Waals surface area contributed by atoms with Crippen molar-refractivity contribution in [1.29, 1.82) is 0 Å². The number of nitrogens with one attached hydrogen (secondary N) is 2. The van der Waals surface area contributed by atoms with Gasteiger partial charge in [0.1, 0.15) is 5.75 Å². The molecule has 3 rings (SSSR count). The summed E-state index contributed by atoms with van der Waals surface area (Å²) in [5, 5.41) is 6.74. The van der Waals surface area contributed by atoms with Gasteiger partial charge in [0, 0.05) is 39.8 Å². The number of hydrogen-bond acceptors (Lipinski definition) is 4. The molecule has 0 aromatic heterocycles. The van der Waals surface area contributed by atoms with Crippen molar-refractivity contribution >= 4 is 35.8 Å². The molecule has 1 fully saturated rings. The fraction of sp³-hybridized carbons (Fsp3) is 0.440. The number of likely N-dealkylation sites (N-methyl/N-ethyl adjacent to an activating group) is 1. The molecule has 0 saturated carbocycles. The van der Waals surface area contributed by atoms with Crippen LogP contribution in [0.4, 0.5) is 0 Å². The molecule has 2 N–H and O–H groups in total. The van der Waals surface area contributed by atoms with Crippen molar-refractivity contribution in [2.75, 3.05) is 40.8 Å². The zero-order valence-electron chi connectivity index (χ0n) is 19.8. The quantitative estimate of drug-likeness (QED) is 0.293. The highest BCUT2D eigenvalue weighted by molar-refractivity contribution is 14.0. The van der Waals surface area contributed by atoms with Crippen LogP contribution in [0.3, 0.4) is 0 Å². The van der Waals surface area contributed by atoms with E-state index in [1.54, 1.807) is 26.1 Å². The third-order valence-electron chi connectivity index (χ3n) is 5.64. The molecule has 8 heteroatoms. The van der Waals surface area contributed by atoms with Gasteiger partial charge in [-0.2, -0.15) is 0 Å². The summed E-state index contributed by atoms with van der Waals surface area (Å²) in [6, 6.07) is 18.8. The van der Waals surface area contributed by atoms with Crippen LogP contribution in [0, 0.1) is 0 Å². The molecule has 1 amide bonds. The molecule has 1 saturated heterocycles. The fourth-order valence-electron chi connectivity index (χ4n) is 3.68. The average molecular weight is 566 g/mol. The Kier molecular flexibility index (Phi) is 11.5. The Balaban J connectivity index is 0.00000385. The number of carbonyl (C=O) groups is 1. The number of benzene rings is 2. The maximum Gasteiger partial charge on any atom is 0.241 e. The lowest BCUT2D eigenvalue weighted by atomic mass is 10.0. The van der Waals surface area contributed by atoms with Gasteiger partial charge in [-0.3, -0.25) is 9.69 Å². The van der Waals surface area contributed by atoms with E-state index in [-0.39, 0.29) is 36.4 Å². The van der Waals surface area contributed by atoms with Crippen LogP contribution in [0.5, 0.6) is 5.75 Å². The highest BCUT2D eigenvalue weighted by Crippen LogP contribution is 2.15. The number of carbonyl (C=O) groups excluding carboxylic acids is 1. The van der Waals surface area contributed by atoms with Gasteiger partial charge in [0.25, 0.3) is 0 Å². The summed E-state index contributed by atoms with van der Waals surface area (Å²) in [7, 11) is 5.17. The zero-order valence-corrected chi connectivity index (χ0v) is 22.1. The van der Waals surface area contributed by atoms with E-state index >= 15 is 0 Å². The van der Waals surface area contributed by atoms with Gasteiger partial charge in [-0.15, -0.1) is 24.0 Å². The number of hydrogen-bond donors (Lipinski definition) is 2. The van der Waals surface area contributed by atoms with Crippen molar-refractivity contribution in [1.82, 2.24) is 20.4 Å². The number of methoxy groups -OCH3 is 1. The third kappa shape index (κ3) is 9.21. The maximum atomic E-state index is 12.1. The van der Waals surface area contributed by atoms with Crippen LogP contribution >= 0.6 is 24.0 Å². The molecule has 33 heavy (non-hydrogen) atoms. The average Bonchev–Trinajstić information content (AvgIpc) is 2.82. The Morgan fingerprint density at radius 2 is 1.79 bits per heavy atom. The molecule has 1 aliphatic rings. The molecular formula is C25H36IN5O2. The first-order chi connectivity index (χ1) is 15.5. The summed E-state index contributed by atoms with van der Waals surface area (Å²) in [5.74, 6) is 1.50. The van der Waals surface area contributed by atoms with Gasteiger partial charge in [-0.1, -0.05) is 42.5 Å². The fourth-order valence-corrected chi connectivity index (χ4v) is 3.68. The van der Waals surface area contributed by atoms with E-state index in [0.717, 1.165) is 43.8 Å².